The lowest BCUT2D eigenvalue weighted by atomic mass is 10.3. The van der Waals surface area contributed by atoms with E-state index in [1.54, 1.807) is 12.1 Å². The number of carbonyl (C=O) groups excluding carboxylic acids is 1. The van der Waals surface area contributed by atoms with Crippen molar-refractivity contribution in [3.8, 4) is 0 Å². The number of rotatable bonds is 2. The molecule has 0 aliphatic carbocycles. The summed E-state index contributed by atoms with van der Waals surface area (Å²) in [7, 11) is 0. The quantitative estimate of drug-likeness (QED) is 0.620. The van der Waals surface area contributed by atoms with Crippen LogP contribution in [-0.2, 0) is 4.79 Å². The maximum absolute atomic E-state index is 9.80. The fourth-order valence-corrected chi connectivity index (χ4v) is 0.914. The van der Waals surface area contributed by atoms with Gasteiger partial charge in [0.2, 0.25) is 0 Å². The molecule has 0 spiro atoms. The normalized spacial score (nSPS) is 10.0. The Morgan fingerprint density at radius 3 is 2.33 bits per heavy atom. The molecular weight excluding hydrogens is 158 g/mol. The largest absolute Gasteiger partial charge is 0.447 e. The second-order valence-electron chi connectivity index (χ2n) is 2.12. The van der Waals surface area contributed by atoms with Crippen molar-refractivity contribution in [2.45, 2.75) is 0 Å². The van der Waals surface area contributed by atoms with E-state index in [1.165, 1.54) is 6.47 Å². The van der Waals surface area contributed by atoms with E-state index in [0.717, 1.165) is 4.96 Å². The van der Waals surface area contributed by atoms with E-state index in [-0.39, 0.29) is 0 Å². The van der Waals surface area contributed by atoms with Crippen LogP contribution in [0, 0.1) is 0 Å². The summed E-state index contributed by atoms with van der Waals surface area (Å²) in [5.74, 6) is 0. The van der Waals surface area contributed by atoms with Crippen molar-refractivity contribution in [3.63, 3.8) is 0 Å². The fraction of sp³-hybridized carbons (Fsp3) is 0. The predicted molar refractivity (Wildman–Crippen MR) is 39.8 cm³/mol. The molecule has 0 saturated carbocycles. The molecule has 0 atom stereocenters. The Labute approximate surface area is 67.5 Å². The lowest BCUT2D eigenvalue weighted by Gasteiger charge is -1.85. The van der Waals surface area contributed by atoms with Gasteiger partial charge in [0.1, 0.15) is 11.0 Å². The van der Waals surface area contributed by atoms with Gasteiger partial charge in [0.05, 0.1) is 0 Å². The average molecular weight is 162 g/mol. The van der Waals surface area contributed by atoms with Crippen molar-refractivity contribution < 1.29 is 9.63 Å². The van der Waals surface area contributed by atoms with Gasteiger partial charge in [0.15, 0.2) is 0 Å². The van der Waals surface area contributed by atoms with Crippen molar-refractivity contribution >= 4 is 17.5 Å². The zero-order valence-electron chi connectivity index (χ0n) is 5.97. The molecule has 0 aliphatic heterocycles. The second kappa shape index (κ2) is 2.61. The smallest absolute Gasteiger partial charge is 0.289 e. The van der Waals surface area contributed by atoms with E-state index >= 15 is 0 Å². The Morgan fingerprint density at radius 1 is 1.25 bits per heavy atom. The average Bonchev–Trinajstić information content (AvgIpc) is 2.47. The molecule has 0 fully saturated rings. The Balaban J connectivity index is 2.54. The van der Waals surface area contributed by atoms with Crippen LogP contribution in [0.4, 0.5) is 0 Å². The Bertz CT molecular complexity index is 377. The van der Waals surface area contributed by atoms with E-state index in [0.29, 0.717) is 11.0 Å². The van der Waals surface area contributed by atoms with E-state index < -0.39 is 0 Å². The zero-order valence-corrected chi connectivity index (χ0v) is 5.97. The van der Waals surface area contributed by atoms with Crippen LogP contribution in [-0.4, -0.2) is 21.6 Å². The molecule has 0 aliphatic rings. The molecule has 1 aromatic carbocycles. The highest BCUT2D eigenvalue weighted by Crippen LogP contribution is 2.05. The number of benzene rings is 1. The Kier molecular flexibility index (Phi) is 1.48. The van der Waals surface area contributed by atoms with E-state index in [2.05, 4.69) is 15.0 Å². The first-order valence-corrected chi connectivity index (χ1v) is 3.27. The predicted octanol–water partition coefficient (Wildman–Crippen LogP) is -0.0729. The van der Waals surface area contributed by atoms with Gasteiger partial charge in [0.25, 0.3) is 0 Å². The van der Waals surface area contributed by atoms with E-state index in [9.17, 15) is 4.79 Å². The summed E-state index contributed by atoms with van der Waals surface area (Å²) in [6, 6.07) is 7.19. The third-order valence-corrected chi connectivity index (χ3v) is 1.39. The van der Waals surface area contributed by atoms with Gasteiger partial charge in [-0.3, -0.25) is 4.84 Å². The van der Waals surface area contributed by atoms with Crippen LogP contribution in [0.5, 0.6) is 0 Å². The molecule has 1 heterocycles. The lowest BCUT2D eigenvalue weighted by molar-refractivity contribution is 0.171. The molecule has 0 amide bonds. The molecule has 0 saturated heterocycles. The first kappa shape index (κ1) is 6.78. The zero-order chi connectivity index (χ0) is 8.39. The number of hydrogen-bond donors (Lipinski definition) is 0. The van der Waals surface area contributed by atoms with Gasteiger partial charge in [-0.05, 0) is 12.1 Å². The first-order chi connectivity index (χ1) is 5.90. The van der Waals surface area contributed by atoms with Gasteiger partial charge >= 0.3 is 6.47 Å². The van der Waals surface area contributed by atoms with Crippen molar-refractivity contribution in [1.29, 1.82) is 0 Å². The van der Waals surface area contributed by atoms with Crippen LogP contribution in [0.25, 0.3) is 11.0 Å². The number of fused-ring (bicyclic) bond motifs is 1. The molecule has 0 bridgehead atoms. The molecule has 1 aromatic heterocycles. The van der Waals surface area contributed by atoms with Crippen molar-refractivity contribution in [1.82, 2.24) is 15.2 Å². The monoisotopic (exact) mass is 162 g/mol. The molecule has 59 valence electrons. The van der Waals surface area contributed by atoms with Gasteiger partial charge < -0.3 is 0 Å². The highest BCUT2D eigenvalue weighted by atomic mass is 16.7. The third kappa shape index (κ3) is 1.01. The fourth-order valence-electron chi connectivity index (χ4n) is 0.914. The maximum Gasteiger partial charge on any atom is 0.447 e. The molecule has 2 rings (SSSR count). The summed E-state index contributed by atoms with van der Waals surface area (Å²) < 4.78 is 0. The molecule has 1 radical (unpaired) electrons. The molecule has 2 aromatic rings. The highest BCUT2D eigenvalue weighted by molar-refractivity contribution is 5.72. The van der Waals surface area contributed by atoms with Gasteiger partial charge in [-0.1, -0.05) is 12.1 Å². The Hall–Kier alpha value is -1.91. The summed E-state index contributed by atoms with van der Waals surface area (Å²) in [6.07, 6.45) is 0. The first-order valence-electron chi connectivity index (χ1n) is 3.27. The second-order valence-corrected chi connectivity index (χ2v) is 2.12. The van der Waals surface area contributed by atoms with Crippen LogP contribution in [0.15, 0.2) is 24.3 Å². The number of nitrogens with zero attached hydrogens (tertiary/aromatic N) is 3. The van der Waals surface area contributed by atoms with Crippen LogP contribution in [0.2, 0.25) is 0 Å². The molecule has 5 nitrogen and oxygen atoms in total. The minimum atomic E-state index is 0.674. The maximum atomic E-state index is 9.80. The summed E-state index contributed by atoms with van der Waals surface area (Å²) in [5, 5.41) is 7.65. The van der Waals surface area contributed by atoms with E-state index in [1.807, 2.05) is 12.1 Å². The lowest BCUT2D eigenvalue weighted by Crippen LogP contribution is -2.11. The summed E-state index contributed by atoms with van der Waals surface area (Å²) >= 11 is 0. The minimum Gasteiger partial charge on any atom is -0.289 e. The van der Waals surface area contributed by atoms with E-state index in [4.69, 9.17) is 0 Å². The number of hydrogen-bond acceptors (Lipinski definition) is 4. The molecule has 5 heteroatoms. The Morgan fingerprint density at radius 2 is 1.83 bits per heavy atom. The SMILES string of the molecule is O=[C]On1nc2ccccc2n1. The van der Waals surface area contributed by atoms with Crippen LogP contribution < -0.4 is 4.84 Å². The van der Waals surface area contributed by atoms with Crippen LogP contribution in [0.3, 0.4) is 0 Å². The summed E-state index contributed by atoms with van der Waals surface area (Å²) in [5.41, 5.74) is 1.35. The van der Waals surface area contributed by atoms with Crippen LogP contribution >= 0.6 is 0 Å². The molecule has 0 unspecified atom stereocenters. The van der Waals surface area contributed by atoms with Gasteiger partial charge in [-0.15, -0.1) is 10.2 Å². The van der Waals surface area contributed by atoms with Gasteiger partial charge in [-0.2, -0.15) is 0 Å². The van der Waals surface area contributed by atoms with Crippen molar-refractivity contribution in [2.24, 2.45) is 0 Å². The highest BCUT2D eigenvalue weighted by Gasteiger charge is 2.00. The van der Waals surface area contributed by atoms with Gasteiger partial charge in [0, 0.05) is 4.96 Å². The van der Waals surface area contributed by atoms with Crippen LogP contribution in [0.1, 0.15) is 0 Å². The molecule has 12 heavy (non-hydrogen) atoms. The standard InChI is InChI=1S/C7H4N3O2/c11-5-12-10-8-6-3-1-2-4-7(6)9-10/h1-4H. The summed E-state index contributed by atoms with van der Waals surface area (Å²) in [6.45, 7) is 1.23. The van der Waals surface area contributed by atoms with Crippen molar-refractivity contribution in [2.75, 3.05) is 0 Å². The third-order valence-electron chi connectivity index (χ3n) is 1.39. The number of aromatic nitrogens is 3. The van der Waals surface area contributed by atoms with Crippen molar-refractivity contribution in [3.05, 3.63) is 24.3 Å². The molecule has 0 N–H and O–H groups in total. The van der Waals surface area contributed by atoms with Gasteiger partial charge in [-0.25, -0.2) is 4.79 Å². The minimum absolute atomic E-state index is 0.674. The molecular formula is C7H4N3O2. The topological polar surface area (TPSA) is 57.0 Å². The summed E-state index contributed by atoms with van der Waals surface area (Å²) in [4.78, 5) is 14.9.